The van der Waals surface area contributed by atoms with E-state index in [1.54, 1.807) is 0 Å². The lowest BCUT2D eigenvalue weighted by atomic mass is 9.82. The number of aryl methyl sites for hydroxylation is 1. The third-order valence-corrected chi connectivity index (χ3v) is 2.55. The molecule has 1 radical (unpaired) electrons. The van der Waals surface area contributed by atoms with Crippen molar-refractivity contribution in [1.82, 2.24) is 0 Å². The lowest BCUT2D eigenvalue weighted by Gasteiger charge is -2.23. The van der Waals surface area contributed by atoms with Gasteiger partial charge in [-0.1, -0.05) is 39.0 Å². The van der Waals surface area contributed by atoms with Gasteiger partial charge in [-0.2, -0.15) is 0 Å². The Labute approximate surface area is 75.6 Å². The number of rotatable bonds is 2. The van der Waals surface area contributed by atoms with E-state index in [0.717, 1.165) is 6.42 Å². The maximum absolute atomic E-state index is 3.40. The molecule has 0 aliphatic heterocycles. The average Bonchev–Trinajstić information content (AvgIpc) is 2.05. The lowest BCUT2D eigenvalue weighted by molar-refractivity contribution is 0.505. The van der Waals surface area contributed by atoms with Crippen molar-refractivity contribution in [3.8, 4) is 0 Å². The second-order valence-electron chi connectivity index (χ2n) is 3.98. The van der Waals surface area contributed by atoms with Crippen LogP contribution in [0.2, 0.25) is 0 Å². The summed E-state index contributed by atoms with van der Waals surface area (Å²) in [7, 11) is 0. The summed E-state index contributed by atoms with van der Waals surface area (Å²) >= 11 is 0. The van der Waals surface area contributed by atoms with Crippen LogP contribution in [0.1, 0.15) is 38.3 Å². The fourth-order valence-corrected chi connectivity index (χ4v) is 1.17. The molecular formula is C12H17. The molecule has 1 rings (SSSR count). The van der Waals surface area contributed by atoms with Gasteiger partial charge in [0.25, 0.3) is 0 Å². The highest BCUT2D eigenvalue weighted by atomic mass is 14.2. The highest BCUT2D eigenvalue weighted by molar-refractivity contribution is 5.26. The van der Waals surface area contributed by atoms with E-state index < -0.39 is 0 Å². The maximum atomic E-state index is 3.40. The van der Waals surface area contributed by atoms with Gasteiger partial charge in [-0.3, -0.25) is 0 Å². The average molecular weight is 161 g/mol. The summed E-state index contributed by atoms with van der Waals surface area (Å²) in [6, 6.07) is 9.76. The van der Waals surface area contributed by atoms with Crippen molar-refractivity contribution in [2.24, 2.45) is 0 Å². The Morgan fingerprint density at radius 3 is 2.50 bits per heavy atom. The molecular weight excluding hydrogens is 144 g/mol. The predicted molar refractivity (Wildman–Crippen MR) is 53.3 cm³/mol. The molecule has 65 valence electrons. The fraction of sp³-hybridized carbons (Fsp3) is 0.500. The Bertz CT molecular complexity index is 258. The largest absolute Gasteiger partial charge is 0.0646 e. The summed E-state index contributed by atoms with van der Waals surface area (Å²) in [5.74, 6) is 0. The minimum Gasteiger partial charge on any atom is -0.0646 e. The van der Waals surface area contributed by atoms with Gasteiger partial charge in [-0.25, -0.2) is 0 Å². The summed E-state index contributed by atoms with van der Waals surface area (Å²) in [5.41, 5.74) is 2.82. The summed E-state index contributed by atoms with van der Waals surface area (Å²) in [5, 5.41) is 0. The molecule has 0 N–H and O–H groups in total. The molecule has 0 amide bonds. The molecule has 0 aliphatic rings. The molecule has 0 fully saturated rings. The van der Waals surface area contributed by atoms with Gasteiger partial charge in [-0.15, -0.1) is 0 Å². The van der Waals surface area contributed by atoms with Crippen LogP contribution in [0.15, 0.2) is 18.2 Å². The monoisotopic (exact) mass is 161 g/mol. The molecule has 0 spiro atoms. The van der Waals surface area contributed by atoms with Gasteiger partial charge in [0.1, 0.15) is 0 Å². The zero-order chi connectivity index (χ0) is 9.19. The fourth-order valence-electron chi connectivity index (χ4n) is 1.17. The van der Waals surface area contributed by atoms with Crippen molar-refractivity contribution in [3.05, 3.63) is 35.4 Å². The number of hydrogen-bond acceptors (Lipinski definition) is 0. The van der Waals surface area contributed by atoms with E-state index >= 15 is 0 Å². The van der Waals surface area contributed by atoms with Crippen LogP contribution in [0.3, 0.4) is 0 Å². The highest BCUT2D eigenvalue weighted by Gasteiger charge is 2.17. The second kappa shape index (κ2) is 3.30. The molecule has 0 unspecified atom stereocenters. The van der Waals surface area contributed by atoms with E-state index in [-0.39, 0.29) is 5.41 Å². The topological polar surface area (TPSA) is 0 Å². The molecule has 0 heteroatoms. The van der Waals surface area contributed by atoms with Gasteiger partial charge in [0.05, 0.1) is 0 Å². The third kappa shape index (κ3) is 1.88. The van der Waals surface area contributed by atoms with Crippen LogP contribution in [0.25, 0.3) is 0 Å². The van der Waals surface area contributed by atoms with Crippen molar-refractivity contribution in [1.29, 1.82) is 0 Å². The number of benzene rings is 1. The van der Waals surface area contributed by atoms with Crippen LogP contribution in [0, 0.1) is 13.0 Å². The van der Waals surface area contributed by atoms with Crippen LogP contribution in [0.4, 0.5) is 0 Å². The second-order valence-corrected chi connectivity index (χ2v) is 3.98. The predicted octanol–water partition coefficient (Wildman–Crippen LogP) is 3.48. The summed E-state index contributed by atoms with van der Waals surface area (Å²) in [4.78, 5) is 0. The molecule has 0 bridgehead atoms. The first kappa shape index (κ1) is 9.31. The quantitative estimate of drug-likeness (QED) is 0.623. The third-order valence-electron chi connectivity index (χ3n) is 2.55. The molecule has 1 aromatic carbocycles. The van der Waals surface area contributed by atoms with Gasteiger partial charge in [0.15, 0.2) is 0 Å². The molecule has 0 aliphatic carbocycles. The first-order valence-corrected chi connectivity index (χ1v) is 4.55. The van der Waals surface area contributed by atoms with Gasteiger partial charge in [0.2, 0.25) is 0 Å². The van der Waals surface area contributed by atoms with E-state index in [1.807, 2.05) is 0 Å². The van der Waals surface area contributed by atoms with E-state index in [9.17, 15) is 0 Å². The standard InChI is InChI=1S/C12H17/c1-5-12(3,4)11-8-6-7-10(2)9-11/h6-8H,5H2,1-4H3. The van der Waals surface area contributed by atoms with Crippen LogP contribution in [-0.4, -0.2) is 0 Å². The highest BCUT2D eigenvalue weighted by Crippen LogP contribution is 2.26. The lowest BCUT2D eigenvalue weighted by Crippen LogP contribution is -2.15. The minimum absolute atomic E-state index is 0.270. The van der Waals surface area contributed by atoms with Gasteiger partial charge in [0, 0.05) is 0 Å². The molecule has 12 heavy (non-hydrogen) atoms. The van der Waals surface area contributed by atoms with Gasteiger partial charge < -0.3 is 0 Å². The normalized spacial score (nSPS) is 11.7. The Morgan fingerprint density at radius 2 is 2.00 bits per heavy atom. The Kier molecular flexibility index (Phi) is 2.56. The molecule has 0 saturated carbocycles. The van der Waals surface area contributed by atoms with Crippen molar-refractivity contribution in [2.45, 2.75) is 39.5 Å². The zero-order valence-corrected chi connectivity index (χ0v) is 8.44. The molecule has 0 saturated heterocycles. The van der Waals surface area contributed by atoms with E-state index in [1.165, 1.54) is 11.1 Å². The summed E-state index contributed by atoms with van der Waals surface area (Å²) < 4.78 is 0. The number of hydrogen-bond donors (Lipinski definition) is 0. The SMILES string of the molecule is CCC(C)(C)c1[c]c(C)ccc1. The maximum Gasteiger partial charge on any atom is -0.00999 e. The van der Waals surface area contributed by atoms with Gasteiger partial charge in [-0.05, 0) is 36.0 Å². The molecule has 0 aromatic heterocycles. The van der Waals surface area contributed by atoms with Crippen LogP contribution >= 0.6 is 0 Å². The Balaban J connectivity index is 3.03. The molecule has 0 heterocycles. The van der Waals surface area contributed by atoms with Crippen molar-refractivity contribution >= 4 is 0 Å². The van der Waals surface area contributed by atoms with E-state index in [4.69, 9.17) is 0 Å². The molecule has 0 atom stereocenters. The summed E-state index contributed by atoms with van der Waals surface area (Å²) in [6.45, 7) is 8.84. The molecule has 1 aromatic rings. The first-order chi connectivity index (χ1) is 5.56. The minimum atomic E-state index is 0.270. The summed E-state index contributed by atoms with van der Waals surface area (Å²) in [6.07, 6.45) is 1.16. The van der Waals surface area contributed by atoms with Crippen LogP contribution < -0.4 is 0 Å². The van der Waals surface area contributed by atoms with Crippen molar-refractivity contribution < 1.29 is 0 Å². The van der Waals surface area contributed by atoms with Crippen LogP contribution in [0.5, 0.6) is 0 Å². The van der Waals surface area contributed by atoms with Crippen molar-refractivity contribution in [2.75, 3.05) is 0 Å². The van der Waals surface area contributed by atoms with Gasteiger partial charge >= 0.3 is 0 Å². The first-order valence-electron chi connectivity index (χ1n) is 4.55. The van der Waals surface area contributed by atoms with E-state index in [2.05, 4.69) is 52.0 Å². The molecule has 0 nitrogen and oxygen atoms in total. The zero-order valence-electron chi connectivity index (χ0n) is 8.44. The Morgan fingerprint density at radius 1 is 1.33 bits per heavy atom. The van der Waals surface area contributed by atoms with Crippen LogP contribution in [-0.2, 0) is 5.41 Å². The smallest absolute Gasteiger partial charge is 0.00999 e. The van der Waals surface area contributed by atoms with E-state index in [0.29, 0.717) is 0 Å². The van der Waals surface area contributed by atoms with Crippen molar-refractivity contribution in [3.63, 3.8) is 0 Å². The Hall–Kier alpha value is -0.780.